The van der Waals surface area contributed by atoms with Crippen LogP contribution in [0.3, 0.4) is 0 Å². The average Bonchev–Trinajstić information content (AvgIpc) is 2.74. The Labute approximate surface area is 190 Å². The second kappa shape index (κ2) is 8.08. The molecular formula is C25H34ClN3O2. The van der Waals surface area contributed by atoms with E-state index in [0.29, 0.717) is 10.9 Å². The fourth-order valence-electron chi connectivity index (χ4n) is 7.15. The van der Waals surface area contributed by atoms with E-state index in [2.05, 4.69) is 15.1 Å². The molecule has 1 aliphatic heterocycles. The third-order valence-electron chi connectivity index (χ3n) is 8.48. The molecule has 4 saturated carbocycles. The summed E-state index contributed by atoms with van der Waals surface area (Å²) in [6.45, 7) is 6.88. The summed E-state index contributed by atoms with van der Waals surface area (Å²) in [4.78, 5) is 30.7. The standard InChI is InChI=1S/C25H34ClN3O2/c1-16-3-4-21(26)12-22(16)27-23(30)17(2)28-5-7-29(8-6-28)24(31)25-13-18-9-19(14-25)11-20(10-18)15-25/h3-4,12,17-20H,5-11,13-15H2,1-2H3,(H,27,30). The molecule has 0 radical (unpaired) electrons. The minimum Gasteiger partial charge on any atom is -0.340 e. The van der Waals surface area contributed by atoms with Gasteiger partial charge in [-0.15, -0.1) is 0 Å². The zero-order valence-corrected chi connectivity index (χ0v) is 19.5. The van der Waals surface area contributed by atoms with E-state index in [-0.39, 0.29) is 17.4 Å². The monoisotopic (exact) mass is 443 g/mol. The van der Waals surface area contributed by atoms with Crippen molar-refractivity contribution in [1.82, 2.24) is 9.80 Å². The second-order valence-electron chi connectivity index (χ2n) is 10.7. The van der Waals surface area contributed by atoms with Crippen LogP contribution in [-0.2, 0) is 9.59 Å². The highest BCUT2D eigenvalue weighted by Crippen LogP contribution is 2.60. The first-order chi connectivity index (χ1) is 14.8. The quantitative estimate of drug-likeness (QED) is 0.753. The fraction of sp³-hybridized carbons (Fsp3) is 0.680. The Morgan fingerprint density at radius 3 is 2.19 bits per heavy atom. The van der Waals surface area contributed by atoms with E-state index in [1.807, 2.05) is 26.0 Å². The smallest absolute Gasteiger partial charge is 0.241 e. The van der Waals surface area contributed by atoms with Gasteiger partial charge in [-0.1, -0.05) is 17.7 Å². The van der Waals surface area contributed by atoms with Crippen LogP contribution in [0.25, 0.3) is 0 Å². The number of hydrogen-bond donors (Lipinski definition) is 1. The molecule has 1 aromatic carbocycles. The van der Waals surface area contributed by atoms with Crippen LogP contribution >= 0.6 is 11.6 Å². The van der Waals surface area contributed by atoms with Crippen molar-refractivity contribution in [3.05, 3.63) is 28.8 Å². The van der Waals surface area contributed by atoms with Crippen LogP contribution < -0.4 is 5.32 Å². The molecule has 5 aliphatic rings. The van der Waals surface area contributed by atoms with E-state index in [1.165, 1.54) is 19.3 Å². The van der Waals surface area contributed by atoms with Crippen LogP contribution in [0, 0.1) is 30.1 Å². The highest BCUT2D eigenvalue weighted by molar-refractivity contribution is 6.31. The summed E-state index contributed by atoms with van der Waals surface area (Å²) in [5.74, 6) is 2.75. The molecule has 31 heavy (non-hydrogen) atoms. The predicted octanol–water partition coefficient (Wildman–Crippen LogP) is 4.34. The Morgan fingerprint density at radius 2 is 1.61 bits per heavy atom. The number of piperazine rings is 1. The Bertz CT molecular complexity index is 842. The Morgan fingerprint density at radius 1 is 1.03 bits per heavy atom. The first-order valence-electron chi connectivity index (χ1n) is 11.9. The normalized spacial score (nSPS) is 33.4. The molecule has 1 N–H and O–H groups in total. The zero-order valence-electron chi connectivity index (χ0n) is 18.7. The molecule has 5 nitrogen and oxygen atoms in total. The summed E-state index contributed by atoms with van der Waals surface area (Å²) >= 11 is 6.09. The highest BCUT2D eigenvalue weighted by Gasteiger charge is 2.55. The van der Waals surface area contributed by atoms with Gasteiger partial charge in [-0.3, -0.25) is 14.5 Å². The maximum absolute atomic E-state index is 13.6. The summed E-state index contributed by atoms with van der Waals surface area (Å²) in [6.07, 6.45) is 7.44. The Kier molecular flexibility index (Phi) is 5.54. The Hall–Kier alpha value is -1.59. The number of hydrogen-bond acceptors (Lipinski definition) is 3. The number of nitrogens with zero attached hydrogens (tertiary/aromatic N) is 2. The molecule has 1 heterocycles. The topological polar surface area (TPSA) is 52.7 Å². The summed E-state index contributed by atoms with van der Waals surface area (Å²) in [5.41, 5.74) is 1.69. The maximum atomic E-state index is 13.6. The van der Waals surface area contributed by atoms with Crippen LogP contribution in [0.1, 0.15) is 51.0 Å². The van der Waals surface area contributed by atoms with E-state index in [1.54, 1.807) is 6.07 Å². The first-order valence-corrected chi connectivity index (χ1v) is 12.3. The van der Waals surface area contributed by atoms with Crippen LogP contribution in [0.4, 0.5) is 5.69 Å². The molecule has 4 aliphatic carbocycles. The zero-order chi connectivity index (χ0) is 21.8. The summed E-state index contributed by atoms with van der Waals surface area (Å²) in [7, 11) is 0. The lowest BCUT2D eigenvalue weighted by atomic mass is 9.49. The number of halogens is 1. The molecule has 5 fully saturated rings. The summed E-state index contributed by atoms with van der Waals surface area (Å²) in [5, 5.41) is 3.64. The van der Waals surface area contributed by atoms with Gasteiger partial charge in [0.05, 0.1) is 11.5 Å². The van der Waals surface area contributed by atoms with E-state index in [4.69, 9.17) is 11.6 Å². The van der Waals surface area contributed by atoms with Crippen molar-refractivity contribution in [2.75, 3.05) is 31.5 Å². The maximum Gasteiger partial charge on any atom is 0.241 e. The molecule has 0 aromatic heterocycles. The van der Waals surface area contributed by atoms with Crippen molar-refractivity contribution in [3.63, 3.8) is 0 Å². The van der Waals surface area contributed by atoms with Gasteiger partial charge >= 0.3 is 0 Å². The van der Waals surface area contributed by atoms with Crippen molar-refractivity contribution in [1.29, 1.82) is 0 Å². The molecule has 168 valence electrons. The first kappa shape index (κ1) is 21.3. The number of anilines is 1. The van der Waals surface area contributed by atoms with E-state index >= 15 is 0 Å². The molecule has 4 bridgehead atoms. The molecule has 1 aromatic rings. The van der Waals surface area contributed by atoms with Crippen molar-refractivity contribution in [2.24, 2.45) is 23.2 Å². The van der Waals surface area contributed by atoms with E-state index < -0.39 is 0 Å². The molecule has 1 atom stereocenters. The second-order valence-corrected chi connectivity index (χ2v) is 11.1. The van der Waals surface area contributed by atoms with Gasteiger partial charge in [0.15, 0.2) is 0 Å². The van der Waals surface area contributed by atoms with Gasteiger partial charge in [-0.05, 0) is 87.8 Å². The van der Waals surface area contributed by atoms with Gasteiger partial charge in [0.1, 0.15) is 0 Å². The number of carbonyl (C=O) groups excluding carboxylic acids is 2. The number of rotatable bonds is 4. The van der Waals surface area contributed by atoms with Crippen LogP contribution in [0.2, 0.25) is 5.02 Å². The van der Waals surface area contributed by atoms with Gasteiger partial charge in [0.25, 0.3) is 0 Å². The minimum absolute atomic E-state index is 0.0220. The lowest BCUT2D eigenvalue weighted by molar-refractivity contribution is -0.159. The van der Waals surface area contributed by atoms with Crippen molar-refractivity contribution in [3.8, 4) is 0 Å². The lowest BCUT2D eigenvalue weighted by Crippen LogP contribution is -2.59. The third-order valence-corrected chi connectivity index (χ3v) is 8.71. The summed E-state index contributed by atoms with van der Waals surface area (Å²) < 4.78 is 0. The van der Waals surface area contributed by atoms with Gasteiger partial charge in [0, 0.05) is 36.9 Å². The molecular weight excluding hydrogens is 410 g/mol. The molecule has 2 amide bonds. The molecule has 6 heteroatoms. The summed E-state index contributed by atoms with van der Waals surface area (Å²) in [6, 6.07) is 5.30. The van der Waals surface area contributed by atoms with E-state index in [9.17, 15) is 9.59 Å². The molecule has 0 spiro atoms. The predicted molar refractivity (Wildman–Crippen MR) is 123 cm³/mol. The Balaban J connectivity index is 1.18. The molecule has 1 saturated heterocycles. The van der Waals surface area contributed by atoms with Crippen molar-refractivity contribution < 1.29 is 9.59 Å². The highest BCUT2D eigenvalue weighted by atomic mass is 35.5. The number of benzene rings is 1. The number of aryl methyl sites for hydroxylation is 1. The third kappa shape index (κ3) is 4.00. The van der Waals surface area contributed by atoms with Crippen LogP contribution in [0.15, 0.2) is 18.2 Å². The largest absolute Gasteiger partial charge is 0.340 e. The van der Waals surface area contributed by atoms with Crippen LogP contribution in [-0.4, -0.2) is 53.8 Å². The van der Waals surface area contributed by atoms with Crippen molar-refractivity contribution >= 4 is 29.1 Å². The fourth-order valence-corrected chi connectivity index (χ4v) is 7.32. The molecule has 6 rings (SSSR count). The van der Waals surface area contributed by atoms with Crippen molar-refractivity contribution in [2.45, 2.75) is 58.4 Å². The molecule has 1 unspecified atom stereocenters. The number of nitrogens with one attached hydrogen (secondary N) is 1. The SMILES string of the molecule is Cc1ccc(Cl)cc1NC(=O)C(C)N1CCN(C(=O)C23CC4CC(CC(C4)C2)C3)CC1. The van der Waals surface area contributed by atoms with Gasteiger partial charge in [0.2, 0.25) is 11.8 Å². The number of carbonyl (C=O) groups is 2. The minimum atomic E-state index is -0.241. The van der Waals surface area contributed by atoms with Crippen LogP contribution in [0.5, 0.6) is 0 Å². The van der Waals surface area contributed by atoms with E-state index in [0.717, 1.165) is 74.4 Å². The average molecular weight is 444 g/mol. The van der Waals surface area contributed by atoms with Gasteiger partial charge in [-0.2, -0.15) is 0 Å². The van der Waals surface area contributed by atoms with Gasteiger partial charge in [-0.25, -0.2) is 0 Å². The van der Waals surface area contributed by atoms with Gasteiger partial charge < -0.3 is 10.2 Å². The lowest BCUT2D eigenvalue weighted by Gasteiger charge is -2.57. The number of amides is 2.